The first-order valence-electron chi connectivity index (χ1n) is 9.72. The van der Waals surface area contributed by atoms with Crippen molar-refractivity contribution < 1.29 is 35.3 Å². The van der Waals surface area contributed by atoms with Crippen molar-refractivity contribution in [3.05, 3.63) is 72.6 Å². The third kappa shape index (κ3) is 9.39. The first-order valence-corrected chi connectivity index (χ1v) is 13.1. The van der Waals surface area contributed by atoms with Gasteiger partial charge in [-0.25, -0.2) is 0 Å². The van der Waals surface area contributed by atoms with E-state index in [1.807, 2.05) is 0 Å². The highest BCUT2D eigenvalue weighted by Crippen LogP contribution is 2.41. The molecule has 0 saturated heterocycles. The van der Waals surface area contributed by atoms with E-state index < -0.39 is 40.6 Å². The minimum Gasteiger partial charge on any atom is -0.294 e. The summed E-state index contributed by atoms with van der Waals surface area (Å²) in [6.45, 7) is 0. The number of benzene rings is 2. The molecule has 0 radical (unpaired) electrons. The number of halogens is 10. The molecule has 2 atom stereocenters. The van der Waals surface area contributed by atoms with E-state index in [1.165, 1.54) is 24.3 Å². The summed E-state index contributed by atoms with van der Waals surface area (Å²) in [4.78, 5) is 12.4. The van der Waals surface area contributed by atoms with Crippen molar-refractivity contribution in [1.29, 1.82) is 0 Å². The zero-order valence-electron chi connectivity index (χ0n) is 17.5. The summed E-state index contributed by atoms with van der Waals surface area (Å²) < 4.78 is 89.4. The molecule has 2 nitrogen and oxygen atoms in total. The van der Waals surface area contributed by atoms with E-state index in [0.717, 1.165) is 18.2 Å². The Morgan fingerprint density at radius 2 is 1.63 bits per heavy atom. The van der Waals surface area contributed by atoms with Crippen molar-refractivity contribution in [2.45, 2.75) is 31.1 Å². The Morgan fingerprint density at radius 3 is 2.14 bits per heavy atom. The van der Waals surface area contributed by atoms with Crippen LogP contribution in [-0.2, 0) is 10.8 Å². The van der Waals surface area contributed by atoms with Crippen LogP contribution in [0.5, 0.6) is 0 Å². The molecule has 13 heteroatoms. The number of Topliss-reactive ketones (excluding diaryl/α,β-unsaturated/α-hetero) is 1. The molecule has 0 aliphatic heterocycles. The number of rotatable bonds is 9. The van der Waals surface area contributed by atoms with Crippen LogP contribution in [0.4, 0.5) is 26.3 Å². The molecule has 2 aromatic carbocycles. The molecule has 0 N–H and O–H groups in total. The highest BCUT2D eigenvalue weighted by atomic mass is 79.9. The fourth-order valence-electron chi connectivity index (χ4n) is 3.02. The topological polar surface area (TPSA) is 34.1 Å². The number of carbonyl (C=O) groups excluding carboxylic acids is 1. The van der Waals surface area contributed by atoms with E-state index in [1.54, 1.807) is 0 Å². The van der Waals surface area contributed by atoms with Crippen molar-refractivity contribution in [1.82, 2.24) is 0 Å². The molecule has 2 aromatic rings. The predicted octanol–water partition coefficient (Wildman–Crippen LogP) is 9.04. The van der Waals surface area contributed by atoms with Crippen LogP contribution in [0.25, 0.3) is 6.08 Å². The summed E-state index contributed by atoms with van der Waals surface area (Å²) in [6, 6.07) is 6.40. The van der Waals surface area contributed by atoms with E-state index in [9.17, 15) is 35.3 Å². The number of alkyl halides is 6. The first-order chi connectivity index (χ1) is 16.1. The van der Waals surface area contributed by atoms with Gasteiger partial charge in [-0.3, -0.25) is 9.00 Å². The maximum absolute atomic E-state index is 13.7. The molecule has 2 rings (SSSR count). The van der Waals surface area contributed by atoms with Gasteiger partial charge in [0.25, 0.3) is 0 Å². The fourth-order valence-corrected chi connectivity index (χ4v) is 5.22. The summed E-state index contributed by atoms with van der Waals surface area (Å²) in [5.41, 5.74) is 0.342. The summed E-state index contributed by atoms with van der Waals surface area (Å²) in [7, 11) is -2.12. The maximum Gasteiger partial charge on any atom is 0.400 e. The molecule has 35 heavy (non-hydrogen) atoms. The monoisotopic (exact) mass is 642 g/mol. The Labute approximate surface area is 223 Å². The molecule has 0 aromatic heterocycles. The Kier molecular flexibility index (Phi) is 10.7. The van der Waals surface area contributed by atoms with Crippen LogP contribution >= 0.6 is 50.7 Å². The fraction of sp³-hybridized carbons (Fsp3) is 0.318. The molecular weight excluding hydrogens is 629 g/mol. The number of hydrogen-bond donors (Lipinski definition) is 0. The zero-order valence-corrected chi connectivity index (χ0v) is 22.1. The van der Waals surface area contributed by atoms with Gasteiger partial charge >= 0.3 is 12.4 Å². The van der Waals surface area contributed by atoms with E-state index in [4.69, 9.17) is 34.8 Å². The van der Waals surface area contributed by atoms with Crippen LogP contribution in [0, 0.1) is 0 Å². The molecule has 2 unspecified atom stereocenters. The Hall–Kier alpha value is -1.07. The molecule has 192 valence electrons. The zero-order chi connectivity index (χ0) is 26.6. The summed E-state index contributed by atoms with van der Waals surface area (Å²) >= 11 is 20.7. The normalized spacial score (nSPS) is 14.3. The van der Waals surface area contributed by atoms with Gasteiger partial charge in [0.2, 0.25) is 0 Å². The van der Waals surface area contributed by atoms with E-state index >= 15 is 0 Å². The lowest BCUT2D eigenvalue weighted by Gasteiger charge is -2.18. The van der Waals surface area contributed by atoms with Gasteiger partial charge in [-0.1, -0.05) is 69.0 Å². The minimum absolute atomic E-state index is 0.00487. The largest absolute Gasteiger partial charge is 0.400 e. The number of ketones is 1. The van der Waals surface area contributed by atoms with Gasteiger partial charge in [-0.15, -0.1) is 0 Å². The van der Waals surface area contributed by atoms with Gasteiger partial charge in [0.1, 0.15) is 5.75 Å². The second-order valence-corrected chi connectivity index (χ2v) is 11.0. The van der Waals surface area contributed by atoms with Crippen molar-refractivity contribution in [2.24, 2.45) is 0 Å². The van der Waals surface area contributed by atoms with E-state index in [2.05, 4.69) is 15.9 Å². The Bertz CT molecular complexity index is 1110. The smallest absolute Gasteiger partial charge is 0.294 e. The van der Waals surface area contributed by atoms with Crippen LogP contribution < -0.4 is 0 Å². The van der Waals surface area contributed by atoms with Gasteiger partial charge < -0.3 is 0 Å². The number of carbonyl (C=O) groups is 1. The molecule has 0 fully saturated rings. The minimum atomic E-state index is -4.66. The van der Waals surface area contributed by atoms with Crippen molar-refractivity contribution >= 4 is 73.4 Å². The third-order valence-corrected chi connectivity index (χ3v) is 7.84. The number of allylic oxidation sites excluding steroid dienone is 1. The quantitative estimate of drug-likeness (QED) is 0.155. The lowest BCUT2D eigenvalue weighted by molar-refractivity contribution is -0.139. The Balaban J connectivity index is 2.14. The molecule has 0 bridgehead atoms. The summed E-state index contributed by atoms with van der Waals surface area (Å²) in [5, 5.41) is -0.299. The van der Waals surface area contributed by atoms with Crippen molar-refractivity contribution in [2.75, 3.05) is 11.5 Å². The van der Waals surface area contributed by atoms with Gasteiger partial charge in [-0.05, 0) is 41.8 Å². The summed E-state index contributed by atoms with van der Waals surface area (Å²) in [5.74, 6) is -4.15. The lowest BCUT2D eigenvalue weighted by atomic mass is 9.96. The average Bonchev–Trinajstić information content (AvgIpc) is 2.69. The van der Waals surface area contributed by atoms with Crippen LogP contribution in [0.3, 0.4) is 0 Å². The van der Waals surface area contributed by atoms with Crippen LogP contribution in [0.1, 0.15) is 40.2 Å². The Morgan fingerprint density at radius 1 is 1.03 bits per heavy atom. The van der Waals surface area contributed by atoms with E-state index in [0.29, 0.717) is 10.0 Å². The van der Waals surface area contributed by atoms with Gasteiger partial charge in [0.05, 0.1) is 21.0 Å². The molecule has 0 spiro atoms. The molecule has 0 saturated carbocycles. The van der Waals surface area contributed by atoms with Gasteiger partial charge in [0.15, 0.2) is 5.78 Å². The number of hydrogen-bond acceptors (Lipinski definition) is 2. The third-order valence-electron chi connectivity index (χ3n) is 4.59. The second kappa shape index (κ2) is 12.4. The molecule has 0 aliphatic rings. The lowest BCUT2D eigenvalue weighted by Crippen LogP contribution is -2.20. The molecule has 0 aliphatic carbocycles. The highest BCUT2D eigenvalue weighted by Gasteiger charge is 2.39. The standard InChI is InChI=1S/C22H16BrCl3F6O2S/c23-16-8-12(3-5-14(16)19(33)2-1-7-35(34)11-21(27,28)29)4-6-15(22(30,31)32)13-9-17(24)20(26)18(25)10-13/h3-6,8-10,15H,1-2,7,11H2/b6-4+. The second-order valence-electron chi connectivity index (χ2n) is 7.35. The van der Waals surface area contributed by atoms with E-state index in [-0.39, 0.29) is 44.8 Å². The van der Waals surface area contributed by atoms with Crippen molar-refractivity contribution in [3.8, 4) is 0 Å². The van der Waals surface area contributed by atoms with Crippen LogP contribution in [-0.4, -0.2) is 33.9 Å². The molecule has 0 amide bonds. The average molecular weight is 645 g/mol. The van der Waals surface area contributed by atoms with Crippen LogP contribution in [0.2, 0.25) is 15.1 Å². The summed E-state index contributed by atoms with van der Waals surface area (Å²) in [6.07, 6.45) is -7.21. The molecule has 0 heterocycles. The predicted molar refractivity (Wildman–Crippen MR) is 131 cm³/mol. The van der Waals surface area contributed by atoms with Crippen LogP contribution in [0.15, 0.2) is 40.9 Å². The molecular formula is C22H16BrCl3F6O2S. The van der Waals surface area contributed by atoms with Gasteiger partial charge in [-0.2, -0.15) is 26.3 Å². The first kappa shape index (κ1) is 30.2. The SMILES string of the molecule is O=C(CCCS(=O)CC(F)(F)F)c1ccc(/C=C/C(c2cc(Cl)c(Cl)c(Cl)c2)C(F)(F)F)cc1Br. The highest BCUT2D eigenvalue weighted by molar-refractivity contribution is 9.10. The maximum atomic E-state index is 13.7. The van der Waals surface area contributed by atoms with Gasteiger partial charge in [0, 0.05) is 33.0 Å². The van der Waals surface area contributed by atoms with Crippen molar-refractivity contribution in [3.63, 3.8) is 0 Å².